The molecule has 5 nitrogen and oxygen atoms in total. The number of carboxylic acids is 1. The average Bonchev–Trinajstić information content (AvgIpc) is 1.97. The van der Waals surface area contributed by atoms with Gasteiger partial charge in [0.2, 0.25) is 0 Å². The molecule has 0 radical (unpaired) electrons. The second-order valence-electron chi connectivity index (χ2n) is 1.90. The van der Waals surface area contributed by atoms with Crippen LogP contribution in [0.15, 0.2) is 0 Å². The molecule has 0 aromatic heterocycles. The van der Waals surface area contributed by atoms with E-state index in [1.165, 1.54) is 7.11 Å². The van der Waals surface area contributed by atoms with Crippen LogP contribution in [0.25, 0.3) is 0 Å². The Hall–Kier alpha value is -1.10. The summed E-state index contributed by atoms with van der Waals surface area (Å²) in [6.45, 7) is 0.341. The first-order valence-corrected chi connectivity index (χ1v) is 3.16. The third-order valence-corrected chi connectivity index (χ3v) is 1.01. The summed E-state index contributed by atoms with van der Waals surface area (Å²) in [6, 6.07) is 0. The van der Waals surface area contributed by atoms with Crippen LogP contribution in [0.2, 0.25) is 0 Å². The van der Waals surface area contributed by atoms with Crippen molar-refractivity contribution in [2.45, 2.75) is 6.42 Å². The van der Waals surface area contributed by atoms with Crippen LogP contribution in [-0.2, 0) is 14.3 Å². The Balaban J connectivity index is 3.14. The Kier molecular flexibility index (Phi) is 5.10. The van der Waals surface area contributed by atoms with Gasteiger partial charge in [0.25, 0.3) is 0 Å². The van der Waals surface area contributed by atoms with Gasteiger partial charge in [0.15, 0.2) is 0 Å². The van der Waals surface area contributed by atoms with Crippen molar-refractivity contribution in [2.75, 3.05) is 20.2 Å². The van der Waals surface area contributed by atoms with Crippen LogP contribution < -0.4 is 5.32 Å². The molecule has 64 valence electrons. The number of aliphatic carboxylic acids is 1. The number of hydrogen-bond donors (Lipinski definition) is 2. The van der Waals surface area contributed by atoms with Crippen LogP contribution in [0, 0.1) is 0 Å². The maximum absolute atomic E-state index is 10.4. The molecule has 0 aromatic rings. The lowest BCUT2D eigenvalue weighted by Crippen LogP contribution is -2.26. The number of ether oxygens (including phenoxy) is 1. The van der Waals surface area contributed by atoms with E-state index in [2.05, 4.69) is 10.1 Å². The fourth-order valence-corrected chi connectivity index (χ4v) is 0.458. The maximum Gasteiger partial charge on any atom is 0.319 e. The first kappa shape index (κ1) is 9.90. The third kappa shape index (κ3) is 6.79. The summed E-state index contributed by atoms with van der Waals surface area (Å²) in [6.07, 6.45) is 0.0109. The van der Waals surface area contributed by atoms with E-state index in [9.17, 15) is 9.59 Å². The van der Waals surface area contributed by atoms with Crippen LogP contribution in [-0.4, -0.2) is 37.2 Å². The van der Waals surface area contributed by atoms with E-state index in [0.29, 0.717) is 0 Å². The molecule has 0 atom stereocenters. The molecule has 0 bridgehead atoms. The van der Waals surface area contributed by atoms with Gasteiger partial charge in [0, 0.05) is 6.54 Å². The van der Waals surface area contributed by atoms with Gasteiger partial charge in [-0.25, -0.2) is 0 Å². The van der Waals surface area contributed by atoms with E-state index in [1.54, 1.807) is 0 Å². The van der Waals surface area contributed by atoms with Crippen molar-refractivity contribution in [2.24, 2.45) is 0 Å². The van der Waals surface area contributed by atoms with E-state index < -0.39 is 11.9 Å². The maximum atomic E-state index is 10.4. The van der Waals surface area contributed by atoms with Crippen LogP contribution >= 0.6 is 0 Å². The summed E-state index contributed by atoms with van der Waals surface area (Å²) in [4.78, 5) is 20.4. The Bertz CT molecular complexity index is 146. The monoisotopic (exact) mass is 161 g/mol. The number of esters is 1. The van der Waals surface area contributed by atoms with Crippen LogP contribution in [0.4, 0.5) is 0 Å². The zero-order chi connectivity index (χ0) is 8.69. The molecule has 2 N–H and O–H groups in total. The SMILES string of the molecule is COC(=O)CNCCC(=O)O. The second kappa shape index (κ2) is 5.67. The Morgan fingerprint density at radius 3 is 2.64 bits per heavy atom. The summed E-state index contributed by atoms with van der Waals surface area (Å²) in [7, 11) is 1.28. The van der Waals surface area contributed by atoms with Crippen LogP contribution in [0.3, 0.4) is 0 Å². The second-order valence-corrected chi connectivity index (χ2v) is 1.90. The summed E-state index contributed by atoms with van der Waals surface area (Å²) < 4.78 is 4.31. The van der Waals surface area contributed by atoms with Crippen molar-refractivity contribution in [1.29, 1.82) is 0 Å². The third-order valence-electron chi connectivity index (χ3n) is 1.01. The van der Waals surface area contributed by atoms with Gasteiger partial charge >= 0.3 is 11.9 Å². The number of rotatable bonds is 5. The molecule has 11 heavy (non-hydrogen) atoms. The van der Waals surface area contributed by atoms with E-state index in [1.807, 2.05) is 0 Å². The summed E-state index contributed by atoms with van der Waals surface area (Å²) >= 11 is 0. The van der Waals surface area contributed by atoms with Gasteiger partial charge in [-0.3, -0.25) is 9.59 Å². The molecule has 0 spiro atoms. The molecule has 0 saturated heterocycles. The van der Waals surface area contributed by atoms with Crippen molar-refractivity contribution >= 4 is 11.9 Å². The minimum absolute atomic E-state index is 0.0109. The zero-order valence-electron chi connectivity index (χ0n) is 6.29. The molecule has 0 unspecified atom stereocenters. The van der Waals surface area contributed by atoms with E-state index in [0.717, 1.165) is 0 Å². The van der Waals surface area contributed by atoms with E-state index in [4.69, 9.17) is 5.11 Å². The number of methoxy groups -OCH3 is 1. The molecule has 5 heteroatoms. The molecular formula is C6H11NO4. The molecular weight excluding hydrogens is 150 g/mol. The minimum Gasteiger partial charge on any atom is -0.481 e. The molecule has 0 aliphatic rings. The molecule has 0 rings (SSSR count). The standard InChI is InChI=1S/C6H11NO4/c1-11-6(10)4-7-3-2-5(8)9/h7H,2-4H2,1H3,(H,8,9). The number of hydrogen-bond acceptors (Lipinski definition) is 4. The molecule has 0 aliphatic heterocycles. The predicted molar refractivity (Wildman–Crippen MR) is 37.1 cm³/mol. The lowest BCUT2D eigenvalue weighted by Gasteiger charge is -1.99. The fraction of sp³-hybridized carbons (Fsp3) is 0.667. The normalized spacial score (nSPS) is 9.18. The molecule has 0 aliphatic carbocycles. The van der Waals surface area contributed by atoms with Gasteiger partial charge in [0.05, 0.1) is 20.1 Å². The van der Waals surface area contributed by atoms with Gasteiger partial charge in [-0.05, 0) is 0 Å². The highest BCUT2D eigenvalue weighted by atomic mass is 16.5. The minimum atomic E-state index is -0.887. The van der Waals surface area contributed by atoms with Crippen molar-refractivity contribution in [3.63, 3.8) is 0 Å². The number of carboxylic acid groups (broad SMARTS) is 1. The summed E-state index contributed by atoms with van der Waals surface area (Å²) in [5.41, 5.74) is 0. The van der Waals surface area contributed by atoms with Gasteiger partial charge < -0.3 is 15.2 Å². The lowest BCUT2D eigenvalue weighted by atomic mass is 10.4. The van der Waals surface area contributed by atoms with E-state index in [-0.39, 0.29) is 19.5 Å². The largest absolute Gasteiger partial charge is 0.481 e. The number of carbonyl (C=O) groups excluding carboxylic acids is 1. The number of carbonyl (C=O) groups is 2. The summed E-state index contributed by atoms with van der Waals surface area (Å²) in [5.74, 6) is -1.28. The van der Waals surface area contributed by atoms with Crippen molar-refractivity contribution in [1.82, 2.24) is 5.32 Å². The average molecular weight is 161 g/mol. The molecule has 0 aromatic carbocycles. The van der Waals surface area contributed by atoms with Crippen LogP contribution in [0.5, 0.6) is 0 Å². The van der Waals surface area contributed by atoms with Crippen LogP contribution in [0.1, 0.15) is 6.42 Å². The topological polar surface area (TPSA) is 75.6 Å². The molecule has 0 amide bonds. The van der Waals surface area contributed by atoms with E-state index >= 15 is 0 Å². The quantitative estimate of drug-likeness (QED) is 0.409. The highest BCUT2D eigenvalue weighted by molar-refractivity contribution is 5.71. The van der Waals surface area contributed by atoms with Crippen molar-refractivity contribution in [3.05, 3.63) is 0 Å². The Morgan fingerprint density at radius 1 is 1.55 bits per heavy atom. The Morgan fingerprint density at radius 2 is 2.18 bits per heavy atom. The van der Waals surface area contributed by atoms with Gasteiger partial charge in [-0.15, -0.1) is 0 Å². The van der Waals surface area contributed by atoms with Gasteiger partial charge in [-0.2, -0.15) is 0 Å². The molecule has 0 fully saturated rings. The first-order valence-electron chi connectivity index (χ1n) is 3.16. The fourth-order valence-electron chi connectivity index (χ4n) is 0.458. The summed E-state index contributed by atoms with van der Waals surface area (Å²) in [5, 5.41) is 10.8. The Labute approximate surface area is 64.3 Å². The van der Waals surface area contributed by atoms with Gasteiger partial charge in [0.1, 0.15) is 0 Å². The highest BCUT2D eigenvalue weighted by Gasteiger charge is 1.99. The van der Waals surface area contributed by atoms with Crippen molar-refractivity contribution < 1.29 is 19.4 Å². The zero-order valence-corrected chi connectivity index (χ0v) is 6.29. The smallest absolute Gasteiger partial charge is 0.319 e. The van der Waals surface area contributed by atoms with Gasteiger partial charge in [-0.1, -0.05) is 0 Å². The highest BCUT2D eigenvalue weighted by Crippen LogP contribution is 1.75. The van der Waals surface area contributed by atoms with Crippen molar-refractivity contribution in [3.8, 4) is 0 Å². The molecule has 0 saturated carbocycles. The number of nitrogens with one attached hydrogen (secondary N) is 1. The molecule has 0 heterocycles. The lowest BCUT2D eigenvalue weighted by molar-refractivity contribution is -0.140. The first-order chi connectivity index (χ1) is 5.16. The predicted octanol–water partition coefficient (Wildman–Crippen LogP) is -0.776.